The lowest BCUT2D eigenvalue weighted by atomic mass is 10.2. The Balaban J connectivity index is 2.01. The van der Waals surface area contributed by atoms with Crippen molar-refractivity contribution in [3.63, 3.8) is 0 Å². The van der Waals surface area contributed by atoms with E-state index in [1.807, 2.05) is 49.6 Å². The number of hydrogen-bond acceptors (Lipinski definition) is 3. The Bertz CT molecular complexity index is 514. The molecule has 0 spiro atoms. The first-order valence-corrected chi connectivity index (χ1v) is 6.62. The van der Waals surface area contributed by atoms with Crippen molar-refractivity contribution in [3.8, 4) is 0 Å². The van der Waals surface area contributed by atoms with Crippen LogP contribution in [0, 0.1) is 0 Å². The van der Waals surface area contributed by atoms with Gasteiger partial charge in [-0.05, 0) is 30.3 Å². The van der Waals surface area contributed by atoms with Gasteiger partial charge in [-0.3, -0.25) is 4.98 Å². The molecular weight excluding hydrogens is 290 g/mol. The summed E-state index contributed by atoms with van der Waals surface area (Å²) in [5.74, 6) is 0. The van der Waals surface area contributed by atoms with Gasteiger partial charge in [-0.2, -0.15) is 0 Å². The third kappa shape index (κ3) is 3.23. The van der Waals surface area contributed by atoms with E-state index in [1.54, 1.807) is 0 Å². The average Bonchev–Trinajstić information content (AvgIpc) is 2.37. The molecular formula is C14H16BrN3. The van der Waals surface area contributed by atoms with Crippen LogP contribution in [0.3, 0.4) is 0 Å². The van der Waals surface area contributed by atoms with Crippen molar-refractivity contribution in [2.75, 3.05) is 24.2 Å². The number of pyridine rings is 1. The lowest BCUT2D eigenvalue weighted by Gasteiger charge is -2.21. The molecule has 2 rings (SSSR count). The van der Waals surface area contributed by atoms with Gasteiger partial charge in [0.2, 0.25) is 0 Å². The summed E-state index contributed by atoms with van der Waals surface area (Å²) in [6.45, 7) is 0.892. The van der Waals surface area contributed by atoms with Gasteiger partial charge in [-0.1, -0.05) is 22.0 Å². The number of aromatic nitrogens is 1. The van der Waals surface area contributed by atoms with Gasteiger partial charge in [-0.15, -0.1) is 0 Å². The molecule has 0 bridgehead atoms. The predicted molar refractivity (Wildman–Crippen MR) is 79.8 cm³/mol. The van der Waals surface area contributed by atoms with Gasteiger partial charge >= 0.3 is 0 Å². The second-order valence-electron chi connectivity index (χ2n) is 4.20. The zero-order chi connectivity index (χ0) is 13.0. The molecule has 0 unspecified atom stereocenters. The Kier molecular flexibility index (Phi) is 4.20. The van der Waals surface area contributed by atoms with E-state index in [2.05, 4.69) is 25.8 Å². The van der Waals surface area contributed by atoms with E-state index in [9.17, 15) is 0 Å². The third-order valence-corrected chi connectivity index (χ3v) is 3.32. The van der Waals surface area contributed by atoms with Gasteiger partial charge in [0.1, 0.15) is 0 Å². The van der Waals surface area contributed by atoms with Gasteiger partial charge in [0.25, 0.3) is 0 Å². The molecule has 0 aliphatic heterocycles. The standard InChI is InChI=1S/C14H16BrN3/c1-18(9-7-12-4-2-3-8-17-12)14-6-5-11(15)10-13(14)16/h2-6,8,10H,7,9,16H2,1H3. The molecule has 0 atom stereocenters. The predicted octanol–water partition coefficient (Wildman–Crippen LogP) is 3.11. The molecule has 0 saturated carbocycles. The van der Waals surface area contributed by atoms with Crippen LogP contribution >= 0.6 is 15.9 Å². The van der Waals surface area contributed by atoms with Crippen LogP contribution in [0.25, 0.3) is 0 Å². The van der Waals surface area contributed by atoms with Crippen molar-refractivity contribution in [2.24, 2.45) is 0 Å². The van der Waals surface area contributed by atoms with E-state index >= 15 is 0 Å². The minimum atomic E-state index is 0.785. The summed E-state index contributed by atoms with van der Waals surface area (Å²) in [4.78, 5) is 6.46. The summed E-state index contributed by atoms with van der Waals surface area (Å²) in [7, 11) is 2.04. The van der Waals surface area contributed by atoms with Crippen LogP contribution in [0.1, 0.15) is 5.69 Å². The van der Waals surface area contributed by atoms with Crippen LogP contribution in [-0.2, 0) is 6.42 Å². The van der Waals surface area contributed by atoms with Crippen molar-refractivity contribution in [3.05, 3.63) is 52.8 Å². The smallest absolute Gasteiger partial charge is 0.0598 e. The monoisotopic (exact) mass is 305 g/mol. The molecule has 0 fully saturated rings. The topological polar surface area (TPSA) is 42.2 Å². The summed E-state index contributed by atoms with van der Waals surface area (Å²) < 4.78 is 1.00. The van der Waals surface area contributed by atoms with Gasteiger partial charge in [0, 0.05) is 36.4 Å². The molecule has 4 heteroatoms. The first-order chi connectivity index (χ1) is 8.66. The van der Waals surface area contributed by atoms with Crippen molar-refractivity contribution in [2.45, 2.75) is 6.42 Å². The molecule has 0 amide bonds. The van der Waals surface area contributed by atoms with Crippen LogP contribution < -0.4 is 10.6 Å². The maximum atomic E-state index is 6.00. The lowest BCUT2D eigenvalue weighted by molar-refractivity contribution is 0.853. The number of nitrogens with zero attached hydrogens (tertiary/aromatic N) is 2. The maximum Gasteiger partial charge on any atom is 0.0598 e. The van der Waals surface area contributed by atoms with Gasteiger partial charge in [0.15, 0.2) is 0 Å². The molecule has 1 aromatic heterocycles. The van der Waals surface area contributed by atoms with E-state index in [-0.39, 0.29) is 0 Å². The number of anilines is 2. The highest BCUT2D eigenvalue weighted by atomic mass is 79.9. The largest absolute Gasteiger partial charge is 0.397 e. The molecule has 0 aliphatic carbocycles. The summed E-state index contributed by atoms with van der Waals surface area (Å²) in [6.07, 6.45) is 2.73. The SMILES string of the molecule is CN(CCc1ccccn1)c1ccc(Br)cc1N. The summed E-state index contributed by atoms with van der Waals surface area (Å²) in [5, 5.41) is 0. The first-order valence-electron chi connectivity index (χ1n) is 5.83. The molecule has 2 aromatic rings. The number of hydrogen-bond donors (Lipinski definition) is 1. The molecule has 0 saturated heterocycles. The Hall–Kier alpha value is -1.55. The summed E-state index contributed by atoms with van der Waals surface area (Å²) in [6, 6.07) is 11.9. The first kappa shape index (κ1) is 12.9. The molecule has 1 heterocycles. The second kappa shape index (κ2) is 5.87. The number of rotatable bonds is 4. The normalized spacial score (nSPS) is 10.3. The van der Waals surface area contributed by atoms with E-state index < -0.39 is 0 Å². The van der Waals surface area contributed by atoms with Crippen LogP contribution in [0.5, 0.6) is 0 Å². The molecule has 94 valence electrons. The minimum absolute atomic E-state index is 0.785. The third-order valence-electron chi connectivity index (χ3n) is 2.83. The number of likely N-dealkylation sites (N-methyl/N-ethyl adjacent to an activating group) is 1. The number of nitrogens with two attached hydrogens (primary N) is 1. The van der Waals surface area contributed by atoms with E-state index in [0.29, 0.717) is 0 Å². The van der Waals surface area contributed by atoms with E-state index in [0.717, 1.165) is 34.5 Å². The number of halogens is 1. The van der Waals surface area contributed by atoms with Crippen molar-refractivity contribution in [1.29, 1.82) is 0 Å². The molecule has 18 heavy (non-hydrogen) atoms. The fraction of sp³-hybridized carbons (Fsp3) is 0.214. The fourth-order valence-electron chi connectivity index (χ4n) is 1.82. The zero-order valence-electron chi connectivity index (χ0n) is 10.3. The van der Waals surface area contributed by atoms with Crippen LogP contribution in [-0.4, -0.2) is 18.6 Å². The van der Waals surface area contributed by atoms with Crippen LogP contribution in [0.15, 0.2) is 47.1 Å². The summed E-state index contributed by atoms with van der Waals surface area (Å²) in [5.41, 5.74) is 8.94. The number of benzene rings is 1. The molecule has 2 N–H and O–H groups in total. The molecule has 3 nitrogen and oxygen atoms in total. The van der Waals surface area contributed by atoms with E-state index in [4.69, 9.17) is 5.73 Å². The van der Waals surface area contributed by atoms with Crippen LogP contribution in [0.4, 0.5) is 11.4 Å². The molecule has 0 aliphatic rings. The Morgan fingerprint density at radius 2 is 2.11 bits per heavy atom. The molecule has 0 radical (unpaired) electrons. The Morgan fingerprint density at radius 1 is 1.28 bits per heavy atom. The van der Waals surface area contributed by atoms with E-state index in [1.165, 1.54) is 0 Å². The Morgan fingerprint density at radius 3 is 2.78 bits per heavy atom. The van der Waals surface area contributed by atoms with Crippen molar-refractivity contribution in [1.82, 2.24) is 4.98 Å². The van der Waals surface area contributed by atoms with Gasteiger partial charge in [-0.25, -0.2) is 0 Å². The average molecular weight is 306 g/mol. The second-order valence-corrected chi connectivity index (χ2v) is 5.11. The highest BCUT2D eigenvalue weighted by Crippen LogP contribution is 2.25. The van der Waals surface area contributed by atoms with Gasteiger partial charge < -0.3 is 10.6 Å². The highest BCUT2D eigenvalue weighted by molar-refractivity contribution is 9.10. The van der Waals surface area contributed by atoms with Crippen LogP contribution in [0.2, 0.25) is 0 Å². The Labute approximate surface area is 116 Å². The van der Waals surface area contributed by atoms with Crippen molar-refractivity contribution < 1.29 is 0 Å². The lowest BCUT2D eigenvalue weighted by Crippen LogP contribution is -2.21. The fourth-order valence-corrected chi connectivity index (χ4v) is 2.20. The molecule has 1 aromatic carbocycles. The highest BCUT2D eigenvalue weighted by Gasteiger charge is 2.06. The maximum absolute atomic E-state index is 6.00. The minimum Gasteiger partial charge on any atom is -0.397 e. The van der Waals surface area contributed by atoms with Crippen molar-refractivity contribution >= 4 is 27.3 Å². The zero-order valence-corrected chi connectivity index (χ0v) is 11.9. The quantitative estimate of drug-likeness (QED) is 0.883. The summed E-state index contributed by atoms with van der Waals surface area (Å²) >= 11 is 3.41. The van der Waals surface area contributed by atoms with Gasteiger partial charge in [0.05, 0.1) is 11.4 Å². The number of nitrogen functional groups attached to an aromatic ring is 1.